The van der Waals surface area contributed by atoms with Gasteiger partial charge >= 0.3 is 0 Å². The molecule has 1 unspecified atom stereocenters. The Labute approximate surface area is 119 Å². The Kier molecular flexibility index (Phi) is 7.81. The van der Waals surface area contributed by atoms with Crippen molar-refractivity contribution < 1.29 is 0 Å². The normalized spacial score (nSPS) is 12.9. The topological polar surface area (TPSA) is 12.0 Å². The first-order chi connectivity index (χ1) is 9.11. The van der Waals surface area contributed by atoms with Crippen molar-refractivity contribution in [3.8, 4) is 0 Å². The van der Waals surface area contributed by atoms with E-state index in [-0.39, 0.29) is 0 Å². The smallest absolute Gasteiger partial charge is 0.00103 e. The van der Waals surface area contributed by atoms with Gasteiger partial charge in [-0.05, 0) is 49.3 Å². The van der Waals surface area contributed by atoms with Gasteiger partial charge in [0.25, 0.3) is 0 Å². The number of hydrogen-bond acceptors (Lipinski definition) is 1. The molecule has 1 aromatic carbocycles. The monoisotopic (exact) mass is 261 g/mol. The minimum atomic E-state index is 0.610. The van der Waals surface area contributed by atoms with Crippen LogP contribution in [0.2, 0.25) is 0 Å². The number of rotatable bonds is 9. The molecule has 0 aliphatic heterocycles. The Morgan fingerprint density at radius 1 is 0.895 bits per heavy atom. The second-order valence-corrected chi connectivity index (χ2v) is 6.11. The van der Waals surface area contributed by atoms with E-state index in [0.717, 1.165) is 12.5 Å². The summed E-state index contributed by atoms with van der Waals surface area (Å²) in [5, 5.41) is 3.50. The summed E-state index contributed by atoms with van der Waals surface area (Å²) >= 11 is 0. The van der Waals surface area contributed by atoms with E-state index in [1.807, 2.05) is 0 Å². The van der Waals surface area contributed by atoms with Crippen molar-refractivity contribution in [3.63, 3.8) is 0 Å². The lowest BCUT2D eigenvalue weighted by Gasteiger charge is -2.13. The highest BCUT2D eigenvalue weighted by Crippen LogP contribution is 2.14. The van der Waals surface area contributed by atoms with Gasteiger partial charge in [-0.15, -0.1) is 0 Å². The highest BCUT2D eigenvalue weighted by molar-refractivity contribution is 5.22. The third kappa shape index (κ3) is 7.37. The van der Waals surface area contributed by atoms with Crippen LogP contribution in [0, 0.1) is 5.92 Å². The predicted octanol–water partition coefficient (Wildman–Crippen LogP) is 4.60. The number of nitrogens with one attached hydrogen (secondary N) is 1. The standard InChI is InChI=1S/C18H31N/c1-5-6-17-9-11-18(12-10-17)8-7-16(4)13-14-19-15(2)3/h9-12,15-16,19H,5-8,13-14H2,1-4H3. The second kappa shape index (κ2) is 9.14. The van der Waals surface area contributed by atoms with Crippen LogP contribution in [0.25, 0.3) is 0 Å². The first-order valence-electron chi connectivity index (χ1n) is 7.93. The van der Waals surface area contributed by atoms with Crippen LogP contribution in [0.5, 0.6) is 0 Å². The molecule has 108 valence electrons. The molecular formula is C18H31N. The van der Waals surface area contributed by atoms with Crippen LogP contribution in [-0.2, 0) is 12.8 Å². The number of hydrogen-bond donors (Lipinski definition) is 1. The molecule has 1 heteroatoms. The molecule has 0 bridgehead atoms. The van der Waals surface area contributed by atoms with Gasteiger partial charge in [0, 0.05) is 6.04 Å². The average molecular weight is 261 g/mol. The van der Waals surface area contributed by atoms with E-state index in [2.05, 4.69) is 57.3 Å². The van der Waals surface area contributed by atoms with Crippen molar-refractivity contribution >= 4 is 0 Å². The van der Waals surface area contributed by atoms with E-state index < -0.39 is 0 Å². The van der Waals surface area contributed by atoms with Crippen molar-refractivity contribution in [3.05, 3.63) is 35.4 Å². The van der Waals surface area contributed by atoms with E-state index in [1.165, 1.54) is 43.2 Å². The molecule has 19 heavy (non-hydrogen) atoms. The molecule has 1 aromatic rings. The highest BCUT2D eigenvalue weighted by atomic mass is 14.9. The van der Waals surface area contributed by atoms with E-state index in [0.29, 0.717) is 6.04 Å². The fourth-order valence-corrected chi connectivity index (χ4v) is 2.34. The minimum Gasteiger partial charge on any atom is -0.315 e. The summed E-state index contributed by atoms with van der Waals surface area (Å²) in [5.41, 5.74) is 2.96. The summed E-state index contributed by atoms with van der Waals surface area (Å²) in [5.74, 6) is 0.807. The van der Waals surface area contributed by atoms with Crippen LogP contribution in [-0.4, -0.2) is 12.6 Å². The minimum absolute atomic E-state index is 0.610. The van der Waals surface area contributed by atoms with Crippen molar-refractivity contribution in [2.45, 2.75) is 65.8 Å². The maximum Gasteiger partial charge on any atom is 0.00103 e. The first kappa shape index (κ1) is 16.2. The summed E-state index contributed by atoms with van der Waals surface area (Å²) in [6.07, 6.45) is 6.24. The quantitative estimate of drug-likeness (QED) is 0.685. The molecule has 0 fully saturated rings. The van der Waals surface area contributed by atoms with Gasteiger partial charge in [-0.1, -0.05) is 58.4 Å². The van der Waals surface area contributed by atoms with Gasteiger partial charge in [0.2, 0.25) is 0 Å². The molecule has 0 aliphatic rings. The van der Waals surface area contributed by atoms with Gasteiger partial charge < -0.3 is 5.32 Å². The molecule has 0 aromatic heterocycles. The lowest BCUT2D eigenvalue weighted by atomic mass is 9.97. The van der Waals surface area contributed by atoms with E-state index in [9.17, 15) is 0 Å². The summed E-state index contributed by atoms with van der Waals surface area (Å²) in [4.78, 5) is 0. The molecule has 0 amide bonds. The van der Waals surface area contributed by atoms with Crippen molar-refractivity contribution in [1.82, 2.24) is 5.32 Å². The largest absolute Gasteiger partial charge is 0.315 e. The summed E-state index contributed by atoms with van der Waals surface area (Å²) in [7, 11) is 0. The second-order valence-electron chi connectivity index (χ2n) is 6.11. The van der Waals surface area contributed by atoms with Crippen LogP contribution in [0.1, 0.15) is 58.1 Å². The van der Waals surface area contributed by atoms with Crippen molar-refractivity contribution in [1.29, 1.82) is 0 Å². The van der Waals surface area contributed by atoms with Crippen LogP contribution in [0.4, 0.5) is 0 Å². The molecular weight excluding hydrogens is 230 g/mol. The molecule has 0 heterocycles. The molecule has 0 spiro atoms. The summed E-state index contributed by atoms with van der Waals surface area (Å²) < 4.78 is 0. The van der Waals surface area contributed by atoms with Crippen LogP contribution in [0.15, 0.2) is 24.3 Å². The van der Waals surface area contributed by atoms with E-state index in [4.69, 9.17) is 0 Å². The van der Waals surface area contributed by atoms with E-state index >= 15 is 0 Å². The van der Waals surface area contributed by atoms with Crippen LogP contribution < -0.4 is 5.32 Å². The Hall–Kier alpha value is -0.820. The third-order valence-corrected chi connectivity index (χ3v) is 3.68. The Balaban J connectivity index is 2.23. The average Bonchev–Trinajstić information content (AvgIpc) is 2.38. The van der Waals surface area contributed by atoms with Gasteiger partial charge in [-0.25, -0.2) is 0 Å². The maximum absolute atomic E-state index is 3.50. The van der Waals surface area contributed by atoms with Gasteiger partial charge in [0.15, 0.2) is 0 Å². The molecule has 1 atom stereocenters. The molecule has 0 saturated carbocycles. The lowest BCUT2D eigenvalue weighted by molar-refractivity contribution is 0.454. The number of benzene rings is 1. The molecule has 1 rings (SSSR count). The predicted molar refractivity (Wildman–Crippen MR) is 85.7 cm³/mol. The SMILES string of the molecule is CCCc1ccc(CCC(C)CCNC(C)C)cc1. The van der Waals surface area contributed by atoms with Gasteiger partial charge in [0.1, 0.15) is 0 Å². The molecule has 0 saturated heterocycles. The molecule has 1 nitrogen and oxygen atoms in total. The lowest BCUT2D eigenvalue weighted by Crippen LogP contribution is -2.24. The summed E-state index contributed by atoms with van der Waals surface area (Å²) in [6.45, 7) is 10.2. The van der Waals surface area contributed by atoms with Gasteiger partial charge in [0.05, 0.1) is 0 Å². The molecule has 0 aliphatic carbocycles. The van der Waals surface area contributed by atoms with E-state index in [1.54, 1.807) is 0 Å². The fraction of sp³-hybridized carbons (Fsp3) is 0.667. The zero-order valence-electron chi connectivity index (χ0n) is 13.2. The molecule has 0 radical (unpaired) electrons. The van der Waals surface area contributed by atoms with Gasteiger partial charge in [-0.2, -0.15) is 0 Å². The van der Waals surface area contributed by atoms with Crippen LogP contribution in [0.3, 0.4) is 0 Å². The van der Waals surface area contributed by atoms with Crippen LogP contribution >= 0.6 is 0 Å². The summed E-state index contributed by atoms with van der Waals surface area (Å²) in [6, 6.07) is 9.82. The molecule has 1 N–H and O–H groups in total. The fourth-order valence-electron chi connectivity index (χ4n) is 2.34. The Bertz CT molecular complexity index is 326. The zero-order chi connectivity index (χ0) is 14.1. The zero-order valence-corrected chi connectivity index (χ0v) is 13.2. The Morgan fingerprint density at radius 2 is 1.47 bits per heavy atom. The van der Waals surface area contributed by atoms with Crippen molar-refractivity contribution in [2.75, 3.05) is 6.54 Å². The maximum atomic E-state index is 3.50. The van der Waals surface area contributed by atoms with Crippen molar-refractivity contribution in [2.24, 2.45) is 5.92 Å². The number of aryl methyl sites for hydroxylation is 2. The van der Waals surface area contributed by atoms with Gasteiger partial charge in [-0.3, -0.25) is 0 Å². The first-order valence-corrected chi connectivity index (χ1v) is 7.93. The highest BCUT2D eigenvalue weighted by Gasteiger charge is 2.03. The third-order valence-electron chi connectivity index (χ3n) is 3.68. The Morgan fingerprint density at radius 3 is 2.00 bits per heavy atom.